The minimum Gasteiger partial charge on any atom is -0.497 e. The smallest absolute Gasteiger partial charge is 0.341 e. The van der Waals surface area contributed by atoms with Gasteiger partial charge in [0.1, 0.15) is 17.3 Å². The first-order valence-corrected chi connectivity index (χ1v) is 11.8. The number of aromatic nitrogens is 2. The second kappa shape index (κ2) is 11.5. The first-order valence-electron chi connectivity index (χ1n) is 11.8. The summed E-state index contributed by atoms with van der Waals surface area (Å²) in [5.41, 5.74) is 1.98. The van der Waals surface area contributed by atoms with Crippen LogP contribution >= 0.6 is 0 Å². The van der Waals surface area contributed by atoms with Crippen molar-refractivity contribution >= 4 is 17.5 Å². The maximum absolute atomic E-state index is 12.7. The Balaban J connectivity index is 1.88. The molecule has 0 spiro atoms. The molecule has 0 radical (unpaired) electrons. The van der Waals surface area contributed by atoms with E-state index in [2.05, 4.69) is 16.9 Å². The Labute approximate surface area is 213 Å². The molecule has 0 saturated carbocycles. The third-order valence-electron chi connectivity index (χ3n) is 5.85. The maximum Gasteiger partial charge on any atom is 0.341 e. The van der Waals surface area contributed by atoms with Crippen LogP contribution in [0.25, 0.3) is 5.57 Å². The van der Waals surface area contributed by atoms with E-state index in [1.807, 2.05) is 0 Å². The average molecular weight is 509 g/mol. The van der Waals surface area contributed by atoms with Gasteiger partial charge in [0.05, 0.1) is 24.6 Å². The van der Waals surface area contributed by atoms with Crippen LogP contribution in [0.5, 0.6) is 23.0 Å². The topological polar surface area (TPSA) is 140 Å². The second-order valence-electron chi connectivity index (χ2n) is 8.41. The predicted octanol–water partition coefficient (Wildman–Crippen LogP) is 4.08. The molecule has 2 aromatic carbocycles. The summed E-state index contributed by atoms with van der Waals surface area (Å²) in [6.07, 6.45) is 4.25. The number of aryl methyl sites for hydroxylation is 1. The van der Waals surface area contributed by atoms with E-state index >= 15 is 0 Å². The van der Waals surface area contributed by atoms with Gasteiger partial charge >= 0.3 is 11.9 Å². The summed E-state index contributed by atoms with van der Waals surface area (Å²) in [5, 5.41) is 19.6. The largest absolute Gasteiger partial charge is 0.497 e. The van der Waals surface area contributed by atoms with E-state index < -0.39 is 18.5 Å². The Kier molecular flexibility index (Phi) is 7.97. The molecule has 1 aromatic heterocycles. The number of aromatic amines is 1. The van der Waals surface area contributed by atoms with Gasteiger partial charge in [-0.25, -0.2) is 14.6 Å². The average Bonchev–Trinajstić information content (AvgIpc) is 3.55. The maximum atomic E-state index is 12.7. The van der Waals surface area contributed by atoms with Gasteiger partial charge in [-0.2, -0.15) is 0 Å². The number of carboxylic acid groups (broad SMARTS) is 2. The van der Waals surface area contributed by atoms with Gasteiger partial charge < -0.3 is 34.1 Å². The summed E-state index contributed by atoms with van der Waals surface area (Å²) in [6, 6.07) is 10.1. The first-order chi connectivity index (χ1) is 17.9. The standard InChI is InChI=1S/C27H28N2O8/c1-3-4-5-24-28-13-20(29-24)26(18-8-7-17(34-2)12-22(18)35-14-25(30)31)19(27(32)33)10-16-6-9-21-23(11-16)37-15-36-21/h6-9,11-13H,3-5,10,14-15H2,1-2H3,(H,28,29)(H,30,31)(H,32,33). The molecule has 10 nitrogen and oxygen atoms in total. The summed E-state index contributed by atoms with van der Waals surface area (Å²) < 4.78 is 21.7. The highest BCUT2D eigenvalue weighted by Crippen LogP contribution is 2.38. The number of fused-ring (bicyclic) bond motifs is 1. The van der Waals surface area contributed by atoms with Crippen LogP contribution in [0.15, 0.2) is 48.2 Å². The monoisotopic (exact) mass is 508 g/mol. The lowest BCUT2D eigenvalue weighted by Gasteiger charge is -2.17. The lowest BCUT2D eigenvalue weighted by atomic mass is 9.92. The molecule has 1 aliphatic rings. The number of carboxylic acids is 2. The summed E-state index contributed by atoms with van der Waals surface area (Å²) >= 11 is 0. The summed E-state index contributed by atoms with van der Waals surface area (Å²) in [6.45, 7) is 1.58. The van der Waals surface area contributed by atoms with Crippen LogP contribution in [-0.2, 0) is 22.4 Å². The van der Waals surface area contributed by atoms with Gasteiger partial charge in [-0.15, -0.1) is 0 Å². The molecule has 0 atom stereocenters. The van der Waals surface area contributed by atoms with Crippen molar-refractivity contribution in [3.05, 3.63) is 70.8 Å². The van der Waals surface area contributed by atoms with Crippen molar-refractivity contribution in [2.75, 3.05) is 20.5 Å². The second-order valence-corrected chi connectivity index (χ2v) is 8.41. The minimum absolute atomic E-state index is 0.0506. The summed E-state index contributed by atoms with van der Waals surface area (Å²) in [7, 11) is 1.48. The zero-order valence-corrected chi connectivity index (χ0v) is 20.6. The van der Waals surface area contributed by atoms with Crippen molar-refractivity contribution in [2.45, 2.75) is 32.6 Å². The molecule has 194 valence electrons. The quantitative estimate of drug-likeness (QED) is 0.309. The number of aliphatic carboxylic acids is 2. The SMILES string of the molecule is CCCCc1ncc(C(=C(Cc2ccc3c(c2)OCO3)C(=O)O)c2ccc(OC)cc2OCC(=O)O)[nH]1. The van der Waals surface area contributed by atoms with E-state index in [1.54, 1.807) is 36.5 Å². The lowest BCUT2D eigenvalue weighted by Crippen LogP contribution is -2.13. The van der Waals surface area contributed by atoms with Gasteiger partial charge in [0.15, 0.2) is 18.1 Å². The number of hydrogen-bond donors (Lipinski definition) is 3. The van der Waals surface area contributed by atoms with Crippen molar-refractivity contribution in [3.63, 3.8) is 0 Å². The molecule has 0 unspecified atom stereocenters. The van der Waals surface area contributed by atoms with Crippen LogP contribution in [0.2, 0.25) is 0 Å². The molecule has 1 aliphatic heterocycles. The number of imidazole rings is 1. The van der Waals surface area contributed by atoms with Crippen molar-refractivity contribution in [2.24, 2.45) is 0 Å². The molecule has 0 amide bonds. The molecule has 3 aromatic rings. The molecular formula is C27H28N2O8. The molecule has 0 aliphatic carbocycles. The van der Waals surface area contributed by atoms with Crippen molar-refractivity contribution in [1.29, 1.82) is 0 Å². The fourth-order valence-corrected chi connectivity index (χ4v) is 4.05. The highest BCUT2D eigenvalue weighted by atomic mass is 16.7. The third-order valence-corrected chi connectivity index (χ3v) is 5.85. The van der Waals surface area contributed by atoms with E-state index in [1.165, 1.54) is 13.2 Å². The van der Waals surface area contributed by atoms with E-state index in [-0.39, 0.29) is 24.5 Å². The molecule has 0 fully saturated rings. The van der Waals surface area contributed by atoms with E-state index in [0.29, 0.717) is 46.1 Å². The first kappa shape index (κ1) is 25.6. The molecule has 0 bridgehead atoms. The van der Waals surface area contributed by atoms with Crippen LogP contribution < -0.4 is 18.9 Å². The van der Waals surface area contributed by atoms with Gasteiger partial charge in [-0.1, -0.05) is 19.4 Å². The van der Waals surface area contributed by atoms with Crippen molar-refractivity contribution < 1.29 is 38.7 Å². The van der Waals surface area contributed by atoms with Gasteiger partial charge in [0.2, 0.25) is 6.79 Å². The molecule has 10 heteroatoms. The number of nitrogens with zero attached hydrogens (tertiary/aromatic N) is 1. The predicted molar refractivity (Wildman–Crippen MR) is 133 cm³/mol. The number of carbonyl (C=O) groups is 2. The Bertz CT molecular complexity index is 1330. The fourth-order valence-electron chi connectivity index (χ4n) is 4.05. The Morgan fingerprint density at radius 2 is 1.92 bits per heavy atom. The third kappa shape index (κ3) is 6.03. The number of rotatable bonds is 12. The van der Waals surface area contributed by atoms with Crippen molar-refractivity contribution in [1.82, 2.24) is 9.97 Å². The van der Waals surface area contributed by atoms with Gasteiger partial charge in [-0.05, 0) is 36.2 Å². The highest BCUT2D eigenvalue weighted by molar-refractivity contribution is 6.01. The van der Waals surface area contributed by atoms with Crippen LogP contribution in [0, 0.1) is 0 Å². The lowest BCUT2D eigenvalue weighted by molar-refractivity contribution is -0.139. The Morgan fingerprint density at radius 1 is 1.11 bits per heavy atom. The number of ether oxygens (including phenoxy) is 4. The van der Waals surface area contributed by atoms with Gasteiger partial charge in [-0.3, -0.25) is 0 Å². The number of methoxy groups -OCH3 is 1. The minimum atomic E-state index is -1.17. The van der Waals surface area contributed by atoms with Gasteiger partial charge in [0.25, 0.3) is 0 Å². The van der Waals surface area contributed by atoms with Crippen LogP contribution in [-0.4, -0.2) is 52.6 Å². The number of benzene rings is 2. The van der Waals surface area contributed by atoms with E-state index in [0.717, 1.165) is 18.7 Å². The van der Waals surface area contributed by atoms with E-state index in [9.17, 15) is 19.8 Å². The Morgan fingerprint density at radius 3 is 2.65 bits per heavy atom. The Hall–Kier alpha value is -4.47. The molecule has 37 heavy (non-hydrogen) atoms. The number of unbranched alkanes of at least 4 members (excludes halogenated alkanes) is 1. The summed E-state index contributed by atoms with van der Waals surface area (Å²) in [5.74, 6) is 0.165. The van der Waals surface area contributed by atoms with Crippen LogP contribution in [0.3, 0.4) is 0 Å². The molecule has 2 heterocycles. The van der Waals surface area contributed by atoms with E-state index in [4.69, 9.17) is 18.9 Å². The zero-order valence-electron chi connectivity index (χ0n) is 20.6. The highest BCUT2D eigenvalue weighted by Gasteiger charge is 2.25. The number of nitrogens with one attached hydrogen (secondary N) is 1. The van der Waals surface area contributed by atoms with Crippen molar-refractivity contribution in [3.8, 4) is 23.0 Å². The molecule has 3 N–H and O–H groups in total. The zero-order chi connectivity index (χ0) is 26.4. The normalized spacial score (nSPS) is 12.7. The van der Waals surface area contributed by atoms with Crippen LogP contribution in [0.1, 0.15) is 42.4 Å². The molecular weight excluding hydrogens is 480 g/mol. The fraction of sp³-hybridized carbons (Fsp3) is 0.296. The molecule has 0 saturated heterocycles. The van der Waals surface area contributed by atoms with Gasteiger partial charge in [0, 0.05) is 30.0 Å². The van der Waals surface area contributed by atoms with Crippen LogP contribution in [0.4, 0.5) is 0 Å². The molecule has 4 rings (SSSR count). The number of H-pyrrole nitrogens is 1. The number of hydrogen-bond acceptors (Lipinski definition) is 7. The summed E-state index contributed by atoms with van der Waals surface area (Å²) in [4.78, 5) is 31.7.